The van der Waals surface area contributed by atoms with Crippen molar-refractivity contribution in [3.8, 4) is 0 Å². The third-order valence-corrected chi connectivity index (χ3v) is 0. The molecule has 8 heavy (non-hydrogen) atoms. The SMILES string of the molecule is [Br-].[Br-].[Br-].[Cl-].[Cl-].[Cl-].[La+3].[La+3]. The zero-order valence-electron chi connectivity index (χ0n) is 3.42. The second kappa shape index (κ2) is 60.6. The van der Waals surface area contributed by atoms with Crippen molar-refractivity contribution in [2.45, 2.75) is 0 Å². The smallest absolute Gasteiger partial charge is 1.00 e. The Bertz CT molecular complexity index is 12.5. The first-order valence-electron chi connectivity index (χ1n) is 0. The van der Waals surface area contributed by atoms with E-state index in [-0.39, 0.29) is 159 Å². The third kappa shape index (κ3) is 45.6. The van der Waals surface area contributed by atoms with Gasteiger partial charge >= 0.3 is 71.2 Å². The Morgan fingerprint density at radius 3 is 0.375 bits per heavy atom. The zero-order valence-corrected chi connectivity index (χ0v) is 17.7. The molecule has 8 heteroatoms. The minimum atomic E-state index is 0. The summed E-state index contributed by atoms with van der Waals surface area (Å²) in [5.41, 5.74) is 0. The maximum absolute atomic E-state index is 0. The molecule has 0 N–H and O–H groups in total. The fraction of sp³-hybridized carbons (Fsp3) is 0. The van der Waals surface area contributed by atoms with Crippen molar-refractivity contribution in [1.29, 1.82) is 0 Å². The summed E-state index contributed by atoms with van der Waals surface area (Å²) >= 11 is 0. The zero-order chi connectivity index (χ0) is 0. The van der Waals surface area contributed by atoms with E-state index >= 15 is 0 Å². The van der Waals surface area contributed by atoms with E-state index in [1.165, 1.54) is 0 Å². The van der Waals surface area contributed by atoms with Crippen LogP contribution in [0, 0.1) is 71.2 Å². The van der Waals surface area contributed by atoms with Gasteiger partial charge in [-0.3, -0.25) is 0 Å². The van der Waals surface area contributed by atoms with Crippen LogP contribution in [0.5, 0.6) is 0 Å². The molecule has 0 rings (SSSR count). The van der Waals surface area contributed by atoms with Crippen LogP contribution in [0.15, 0.2) is 0 Å². The van der Waals surface area contributed by atoms with Gasteiger partial charge in [0.05, 0.1) is 0 Å². The molecule has 0 amide bonds. The summed E-state index contributed by atoms with van der Waals surface area (Å²) in [4.78, 5) is 0. The Hall–Kier alpha value is 4.70. The van der Waals surface area contributed by atoms with Gasteiger partial charge in [-0.25, -0.2) is 0 Å². The first-order valence-corrected chi connectivity index (χ1v) is 0. The van der Waals surface area contributed by atoms with Gasteiger partial charge in [0.25, 0.3) is 0 Å². The second-order valence-electron chi connectivity index (χ2n) is 0. The van der Waals surface area contributed by atoms with Crippen molar-refractivity contribution in [2.24, 2.45) is 0 Å². The normalized spacial score (nSPS) is 0. The van der Waals surface area contributed by atoms with E-state index < -0.39 is 0 Å². The molecule has 0 aromatic heterocycles. The van der Waals surface area contributed by atoms with E-state index in [4.69, 9.17) is 0 Å². The average molecular weight is 624 g/mol. The fourth-order valence-electron chi connectivity index (χ4n) is 0. The van der Waals surface area contributed by atoms with Gasteiger partial charge in [0.15, 0.2) is 0 Å². The van der Waals surface area contributed by atoms with Gasteiger partial charge in [0.2, 0.25) is 0 Å². The third-order valence-electron chi connectivity index (χ3n) is 0. The molecule has 0 unspecified atom stereocenters. The summed E-state index contributed by atoms with van der Waals surface area (Å²) in [6, 6.07) is 0. The van der Waals surface area contributed by atoms with Crippen LogP contribution in [0.3, 0.4) is 0 Å². The maximum atomic E-state index is 0. The summed E-state index contributed by atoms with van der Waals surface area (Å²) < 4.78 is 0. The summed E-state index contributed by atoms with van der Waals surface area (Å²) in [7, 11) is 0. The Morgan fingerprint density at radius 1 is 0.375 bits per heavy atom. The van der Waals surface area contributed by atoms with Crippen molar-refractivity contribution in [2.75, 3.05) is 0 Å². The van der Waals surface area contributed by atoms with Crippen LogP contribution >= 0.6 is 0 Å². The topological polar surface area (TPSA) is 0 Å². The van der Waals surface area contributed by atoms with Gasteiger partial charge in [0.1, 0.15) is 0 Å². The predicted molar refractivity (Wildman–Crippen MR) is 0 cm³/mol. The monoisotopic (exact) mass is 619 g/mol. The van der Waals surface area contributed by atoms with Crippen molar-refractivity contribution in [1.82, 2.24) is 0 Å². The standard InChI is InChI=1S/3BrH.3ClH.2La/h6*1H;;/q;;;;;;2*+3/p-6. The minimum absolute atomic E-state index is 0. The second-order valence-corrected chi connectivity index (χ2v) is 0. The molecule has 0 fully saturated rings. The van der Waals surface area contributed by atoms with Crippen LogP contribution < -0.4 is 88.2 Å². The quantitative estimate of drug-likeness (QED) is 0.252. The van der Waals surface area contributed by atoms with Crippen LogP contribution in [0.4, 0.5) is 0 Å². The van der Waals surface area contributed by atoms with Crippen molar-refractivity contribution in [3.05, 3.63) is 0 Å². The number of hydrogen-bond acceptors (Lipinski definition) is 0. The van der Waals surface area contributed by atoms with Crippen LogP contribution in [0.1, 0.15) is 0 Å². The molecular formula is Br3Cl3La2. The van der Waals surface area contributed by atoms with Gasteiger partial charge < -0.3 is 88.2 Å². The molecule has 0 heterocycles. The molecule has 0 aliphatic heterocycles. The Morgan fingerprint density at radius 2 is 0.375 bits per heavy atom. The van der Waals surface area contributed by atoms with Crippen molar-refractivity contribution in [3.63, 3.8) is 0 Å². The molecule has 0 saturated heterocycles. The van der Waals surface area contributed by atoms with E-state index in [0.717, 1.165) is 0 Å². The van der Waals surface area contributed by atoms with Gasteiger partial charge in [-0.15, -0.1) is 0 Å². The molecule has 0 aromatic rings. The Labute approximate surface area is 156 Å². The molecule has 48 valence electrons. The number of halogens is 6. The minimum Gasteiger partial charge on any atom is -1.00 e. The van der Waals surface area contributed by atoms with Crippen LogP contribution in [-0.4, -0.2) is 0 Å². The van der Waals surface area contributed by atoms with Gasteiger partial charge in [0, 0.05) is 0 Å². The first kappa shape index (κ1) is 78.7. The van der Waals surface area contributed by atoms with E-state index in [1.807, 2.05) is 0 Å². The van der Waals surface area contributed by atoms with Crippen LogP contribution in [-0.2, 0) is 0 Å². The molecule has 0 radical (unpaired) electrons. The molecule has 0 spiro atoms. The van der Waals surface area contributed by atoms with Gasteiger partial charge in [-0.05, 0) is 0 Å². The molecular weight excluding hydrogens is 624 g/mol. The molecule has 0 aromatic carbocycles. The molecule has 0 bridgehead atoms. The molecule has 0 atom stereocenters. The van der Waals surface area contributed by atoms with E-state index in [1.54, 1.807) is 0 Å². The van der Waals surface area contributed by atoms with E-state index in [9.17, 15) is 0 Å². The molecule has 0 aliphatic carbocycles. The van der Waals surface area contributed by atoms with Crippen molar-refractivity contribution < 1.29 is 159 Å². The summed E-state index contributed by atoms with van der Waals surface area (Å²) in [5.74, 6) is 0. The van der Waals surface area contributed by atoms with Crippen LogP contribution in [0.2, 0.25) is 0 Å². The predicted octanol–water partition coefficient (Wildman–Crippen LogP) is -18.0. The Kier molecular flexibility index (Phi) is 597. The van der Waals surface area contributed by atoms with E-state index in [0.29, 0.717) is 0 Å². The largest absolute Gasteiger partial charge is 3.00 e. The van der Waals surface area contributed by atoms with Crippen molar-refractivity contribution >= 4 is 0 Å². The number of rotatable bonds is 0. The van der Waals surface area contributed by atoms with Crippen LogP contribution in [0.25, 0.3) is 0 Å². The number of hydrogen-bond donors (Lipinski definition) is 0. The Balaban J connectivity index is 0. The first-order chi connectivity index (χ1) is 0. The van der Waals surface area contributed by atoms with E-state index in [2.05, 4.69) is 0 Å². The fourth-order valence-corrected chi connectivity index (χ4v) is 0. The average Bonchev–Trinajstić information content (AvgIpc) is 0. The molecule has 0 saturated carbocycles. The van der Waals surface area contributed by atoms with Gasteiger partial charge in [-0.2, -0.15) is 0 Å². The summed E-state index contributed by atoms with van der Waals surface area (Å²) in [6.45, 7) is 0. The molecule has 0 aliphatic rings. The molecule has 0 nitrogen and oxygen atoms in total. The summed E-state index contributed by atoms with van der Waals surface area (Å²) in [5, 5.41) is 0. The summed E-state index contributed by atoms with van der Waals surface area (Å²) in [6.07, 6.45) is 0. The van der Waals surface area contributed by atoms with Gasteiger partial charge in [-0.1, -0.05) is 0 Å². The maximum Gasteiger partial charge on any atom is 3.00 e.